The first-order chi connectivity index (χ1) is 3.84. The van der Waals surface area contributed by atoms with E-state index in [1.165, 1.54) is 17.4 Å². The van der Waals surface area contributed by atoms with Crippen LogP contribution in [0, 0.1) is 6.58 Å². The molecule has 0 amide bonds. The van der Waals surface area contributed by atoms with Gasteiger partial charge in [-0.1, -0.05) is 18.2 Å². The maximum absolute atomic E-state index is 5.64. The van der Waals surface area contributed by atoms with Gasteiger partial charge in [-0.2, -0.15) is 0 Å². The van der Waals surface area contributed by atoms with Gasteiger partial charge in [0.15, 0.2) is 0 Å². The summed E-state index contributed by atoms with van der Waals surface area (Å²) >= 11 is 7.18. The zero-order valence-electron chi connectivity index (χ0n) is 4.10. The fraction of sp³-hybridized carbons (Fsp3) is 0. The van der Waals surface area contributed by atoms with Gasteiger partial charge >= 0.3 is 0 Å². The second-order valence-electron chi connectivity index (χ2n) is 1.30. The maximum atomic E-state index is 5.64. The first-order valence-electron chi connectivity index (χ1n) is 2.12. The van der Waals surface area contributed by atoms with E-state index in [9.17, 15) is 0 Å². The second-order valence-corrected chi connectivity index (χ2v) is 2.65. The zero-order valence-corrected chi connectivity index (χ0v) is 5.67. The van der Waals surface area contributed by atoms with E-state index < -0.39 is 0 Å². The van der Waals surface area contributed by atoms with Crippen molar-refractivity contribution >= 4 is 29.0 Å². The van der Waals surface area contributed by atoms with Crippen LogP contribution in [0.2, 0.25) is 5.02 Å². The lowest BCUT2D eigenvalue weighted by Crippen LogP contribution is -1.54. The predicted molar refractivity (Wildman–Crippen MR) is 38.1 cm³/mol. The van der Waals surface area contributed by atoms with Crippen molar-refractivity contribution < 1.29 is 0 Å². The average Bonchev–Trinajstić information content (AvgIpc) is 2.14. The van der Waals surface area contributed by atoms with Crippen molar-refractivity contribution in [1.82, 2.24) is 0 Å². The molecule has 0 aliphatic heterocycles. The largest absolute Gasteiger partial charge is 0.143 e. The number of hydrogen-bond donors (Lipinski definition) is 0. The van der Waals surface area contributed by atoms with E-state index in [4.69, 9.17) is 18.2 Å². The maximum Gasteiger partial charge on any atom is 0.0586 e. The van der Waals surface area contributed by atoms with Crippen LogP contribution in [0.4, 0.5) is 0 Å². The molecule has 0 aliphatic carbocycles. The Morgan fingerprint density at radius 3 is 2.75 bits per heavy atom. The van der Waals surface area contributed by atoms with Crippen LogP contribution < -0.4 is 0 Å². The second kappa shape index (κ2) is 2.33. The normalized spacial score (nSPS) is 9.12. The van der Waals surface area contributed by atoms with Crippen LogP contribution in [0.25, 0.3) is 6.08 Å². The molecule has 0 aliphatic rings. The van der Waals surface area contributed by atoms with Crippen molar-refractivity contribution in [3.05, 3.63) is 27.9 Å². The quantitative estimate of drug-likeness (QED) is 0.567. The standard InChI is InChI=1S/C6H4ClS/c1-2-6-5(7)3-4-8-6/h1-4H. The van der Waals surface area contributed by atoms with E-state index in [1.807, 2.05) is 11.4 Å². The Morgan fingerprint density at radius 2 is 2.50 bits per heavy atom. The van der Waals surface area contributed by atoms with Crippen molar-refractivity contribution in [2.75, 3.05) is 0 Å². The summed E-state index contributed by atoms with van der Waals surface area (Å²) in [4.78, 5) is 0.937. The Hall–Kier alpha value is -0.270. The Morgan fingerprint density at radius 1 is 1.75 bits per heavy atom. The number of rotatable bonds is 1. The fourth-order valence-corrected chi connectivity index (χ4v) is 1.37. The molecule has 1 aromatic rings. The molecule has 0 unspecified atom stereocenters. The summed E-state index contributed by atoms with van der Waals surface area (Å²) in [6.07, 6.45) is 1.51. The highest BCUT2D eigenvalue weighted by molar-refractivity contribution is 7.11. The minimum absolute atomic E-state index is 0.734. The van der Waals surface area contributed by atoms with Gasteiger partial charge in [0.05, 0.1) is 5.02 Å². The monoisotopic (exact) mass is 143 g/mol. The van der Waals surface area contributed by atoms with Crippen molar-refractivity contribution in [2.45, 2.75) is 0 Å². The Balaban J connectivity index is 3.09. The molecule has 41 valence electrons. The average molecular weight is 144 g/mol. The summed E-state index contributed by atoms with van der Waals surface area (Å²) in [5.74, 6) is 0. The fourth-order valence-electron chi connectivity index (χ4n) is 0.424. The first kappa shape index (κ1) is 5.86. The van der Waals surface area contributed by atoms with Crippen LogP contribution in [-0.4, -0.2) is 0 Å². The van der Waals surface area contributed by atoms with Gasteiger partial charge in [0.25, 0.3) is 0 Å². The molecule has 1 rings (SSSR count). The highest BCUT2D eigenvalue weighted by Crippen LogP contribution is 2.22. The molecular formula is C6H4ClS. The lowest BCUT2D eigenvalue weighted by molar-refractivity contribution is 1.95. The molecule has 0 bridgehead atoms. The van der Waals surface area contributed by atoms with Crippen molar-refractivity contribution in [3.8, 4) is 0 Å². The van der Waals surface area contributed by atoms with Crippen LogP contribution >= 0.6 is 22.9 Å². The van der Waals surface area contributed by atoms with E-state index in [0.717, 1.165) is 9.90 Å². The lowest BCUT2D eigenvalue weighted by atomic mass is 10.5. The summed E-state index contributed by atoms with van der Waals surface area (Å²) in [7, 11) is 0. The third kappa shape index (κ3) is 0.932. The molecule has 8 heavy (non-hydrogen) atoms. The van der Waals surface area contributed by atoms with E-state index in [0.29, 0.717) is 0 Å². The summed E-state index contributed by atoms with van der Waals surface area (Å²) in [5.41, 5.74) is 0. The minimum Gasteiger partial charge on any atom is -0.143 e. The van der Waals surface area contributed by atoms with Crippen LogP contribution in [0.5, 0.6) is 0 Å². The van der Waals surface area contributed by atoms with Gasteiger partial charge in [-0.25, -0.2) is 0 Å². The van der Waals surface area contributed by atoms with Crippen molar-refractivity contribution in [1.29, 1.82) is 0 Å². The van der Waals surface area contributed by atoms with E-state index in [2.05, 4.69) is 0 Å². The topological polar surface area (TPSA) is 0 Å². The number of hydrogen-bond acceptors (Lipinski definition) is 1. The van der Waals surface area contributed by atoms with Crippen LogP contribution in [-0.2, 0) is 0 Å². The summed E-state index contributed by atoms with van der Waals surface area (Å²) in [5, 5.41) is 2.64. The summed E-state index contributed by atoms with van der Waals surface area (Å²) in [6, 6.07) is 1.82. The minimum atomic E-state index is 0.734. The third-order valence-electron chi connectivity index (χ3n) is 0.796. The van der Waals surface area contributed by atoms with Gasteiger partial charge in [-0.3, -0.25) is 0 Å². The SMILES string of the molecule is [CH]=Cc1sccc1Cl. The number of thiophene rings is 1. The molecule has 0 saturated carbocycles. The first-order valence-corrected chi connectivity index (χ1v) is 3.38. The van der Waals surface area contributed by atoms with Crippen LogP contribution in [0.3, 0.4) is 0 Å². The molecule has 0 aromatic carbocycles. The smallest absolute Gasteiger partial charge is 0.0586 e. The number of halogens is 1. The molecule has 1 aromatic heterocycles. The Bertz CT molecular complexity index is 190. The summed E-state index contributed by atoms with van der Waals surface area (Å²) in [6.45, 7) is 5.20. The van der Waals surface area contributed by atoms with Crippen LogP contribution in [0.1, 0.15) is 4.88 Å². The predicted octanol–water partition coefficient (Wildman–Crippen LogP) is 2.85. The van der Waals surface area contributed by atoms with Gasteiger partial charge in [-0.05, 0) is 17.5 Å². The van der Waals surface area contributed by atoms with E-state index in [1.54, 1.807) is 0 Å². The molecule has 2 heteroatoms. The Labute approximate surface area is 57.4 Å². The van der Waals surface area contributed by atoms with Gasteiger partial charge < -0.3 is 0 Å². The highest BCUT2D eigenvalue weighted by Gasteiger charge is 1.92. The molecule has 0 N–H and O–H groups in total. The lowest BCUT2D eigenvalue weighted by Gasteiger charge is -1.79. The third-order valence-corrected chi connectivity index (χ3v) is 2.12. The van der Waals surface area contributed by atoms with E-state index >= 15 is 0 Å². The van der Waals surface area contributed by atoms with Crippen LogP contribution in [0.15, 0.2) is 11.4 Å². The highest BCUT2D eigenvalue weighted by atomic mass is 35.5. The molecule has 0 atom stereocenters. The van der Waals surface area contributed by atoms with E-state index in [-0.39, 0.29) is 0 Å². The molecule has 0 fully saturated rings. The molecule has 0 nitrogen and oxygen atoms in total. The summed E-state index contributed by atoms with van der Waals surface area (Å²) < 4.78 is 0. The molecule has 0 saturated heterocycles. The molecule has 1 heterocycles. The van der Waals surface area contributed by atoms with Gasteiger partial charge in [-0.15, -0.1) is 11.3 Å². The van der Waals surface area contributed by atoms with Crippen molar-refractivity contribution in [3.63, 3.8) is 0 Å². The van der Waals surface area contributed by atoms with Crippen molar-refractivity contribution in [2.24, 2.45) is 0 Å². The molecule has 0 spiro atoms. The zero-order chi connectivity index (χ0) is 5.98. The van der Waals surface area contributed by atoms with Gasteiger partial charge in [0, 0.05) is 4.88 Å². The molecular weight excluding hydrogens is 140 g/mol. The van der Waals surface area contributed by atoms with Gasteiger partial charge in [0.1, 0.15) is 0 Å². The molecule has 1 radical (unpaired) electrons. The Kier molecular flexibility index (Phi) is 1.71. The van der Waals surface area contributed by atoms with Gasteiger partial charge in [0.2, 0.25) is 0 Å².